The second-order valence-electron chi connectivity index (χ2n) is 6.53. The van der Waals surface area contributed by atoms with Crippen molar-refractivity contribution in [3.05, 3.63) is 59.2 Å². The molecule has 3 aromatic rings. The fourth-order valence-electron chi connectivity index (χ4n) is 3.09. The van der Waals surface area contributed by atoms with Crippen molar-refractivity contribution in [3.63, 3.8) is 0 Å². The molecule has 6 heteroatoms. The third kappa shape index (κ3) is 3.93. The first kappa shape index (κ1) is 17.1. The molecule has 0 aliphatic carbocycles. The van der Waals surface area contributed by atoms with Crippen molar-refractivity contribution < 1.29 is 9.53 Å². The lowest BCUT2D eigenvalue weighted by Gasteiger charge is -2.26. The highest BCUT2D eigenvalue weighted by Crippen LogP contribution is 2.27. The second kappa shape index (κ2) is 7.53. The van der Waals surface area contributed by atoms with Crippen LogP contribution in [0, 0.1) is 6.92 Å². The SMILES string of the molecule is Cc1cccc(C(=O)Nc2nc3ccc(CN4CCOCC4)cc3s2)c1. The molecule has 0 bridgehead atoms. The van der Waals surface area contributed by atoms with Gasteiger partial charge in [-0.05, 0) is 36.8 Å². The van der Waals surface area contributed by atoms with E-state index in [4.69, 9.17) is 4.74 Å². The molecular formula is C20H21N3O2S. The van der Waals surface area contributed by atoms with Gasteiger partial charge in [0, 0.05) is 25.2 Å². The predicted octanol–water partition coefficient (Wildman–Crippen LogP) is 3.69. The van der Waals surface area contributed by atoms with Gasteiger partial charge in [-0.2, -0.15) is 0 Å². The highest BCUT2D eigenvalue weighted by Gasteiger charge is 2.13. The maximum atomic E-state index is 12.4. The number of amides is 1. The van der Waals surface area contributed by atoms with E-state index in [0.717, 1.165) is 48.6 Å². The summed E-state index contributed by atoms with van der Waals surface area (Å²) >= 11 is 1.51. The van der Waals surface area contributed by atoms with Crippen molar-refractivity contribution in [2.24, 2.45) is 0 Å². The molecule has 2 aromatic carbocycles. The number of nitrogens with one attached hydrogen (secondary N) is 1. The number of carbonyl (C=O) groups is 1. The van der Waals surface area contributed by atoms with Gasteiger partial charge in [0.2, 0.25) is 0 Å². The Bertz CT molecular complexity index is 932. The summed E-state index contributed by atoms with van der Waals surface area (Å²) in [6.45, 7) is 6.44. The summed E-state index contributed by atoms with van der Waals surface area (Å²) < 4.78 is 6.49. The van der Waals surface area contributed by atoms with Gasteiger partial charge in [-0.25, -0.2) is 4.98 Å². The Kier molecular flexibility index (Phi) is 4.97. The zero-order valence-corrected chi connectivity index (χ0v) is 15.5. The number of thiazole rings is 1. The number of fused-ring (bicyclic) bond motifs is 1. The Morgan fingerprint density at radius 3 is 2.88 bits per heavy atom. The molecule has 2 heterocycles. The zero-order chi connectivity index (χ0) is 17.9. The first-order valence-electron chi connectivity index (χ1n) is 8.75. The van der Waals surface area contributed by atoms with Crippen molar-refractivity contribution >= 4 is 32.6 Å². The Morgan fingerprint density at radius 1 is 1.23 bits per heavy atom. The van der Waals surface area contributed by atoms with Crippen molar-refractivity contribution in [3.8, 4) is 0 Å². The van der Waals surface area contributed by atoms with Crippen LogP contribution in [0.5, 0.6) is 0 Å². The van der Waals surface area contributed by atoms with Gasteiger partial charge in [-0.3, -0.25) is 15.0 Å². The van der Waals surface area contributed by atoms with Gasteiger partial charge in [0.25, 0.3) is 5.91 Å². The highest BCUT2D eigenvalue weighted by molar-refractivity contribution is 7.22. The number of hydrogen-bond acceptors (Lipinski definition) is 5. The molecule has 1 amide bonds. The number of benzene rings is 2. The second-order valence-corrected chi connectivity index (χ2v) is 7.56. The third-order valence-corrected chi connectivity index (χ3v) is 5.40. The Balaban J connectivity index is 1.49. The molecule has 1 N–H and O–H groups in total. The summed E-state index contributed by atoms with van der Waals surface area (Å²) in [5, 5.41) is 3.55. The minimum absolute atomic E-state index is 0.124. The molecule has 0 radical (unpaired) electrons. The minimum atomic E-state index is -0.124. The molecule has 1 saturated heterocycles. The molecule has 1 aliphatic rings. The minimum Gasteiger partial charge on any atom is -0.379 e. The van der Waals surface area contributed by atoms with Gasteiger partial charge in [0.15, 0.2) is 5.13 Å². The first-order chi connectivity index (χ1) is 12.7. The average Bonchev–Trinajstić information content (AvgIpc) is 3.04. The van der Waals surface area contributed by atoms with Gasteiger partial charge in [0.1, 0.15) is 0 Å². The summed E-state index contributed by atoms with van der Waals surface area (Å²) in [6.07, 6.45) is 0. The molecule has 0 saturated carbocycles. The predicted molar refractivity (Wildman–Crippen MR) is 105 cm³/mol. The molecule has 0 unspecified atom stereocenters. The van der Waals surface area contributed by atoms with E-state index in [0.29, 0.717) is 10.7 Å². The van der Waals surface area contributed by atoms with Crippen LogP contribution in [-0.2, 0) is 11.3 Å². The number of rotatable bonds is 4. The topological polar surface area (TPSA) is 54.5 Å². The number of morpholine rings is 1. The maximum absolute atomic E-state index is 12.4. The van der Waals surface area contributed by atoms with Crippen LogP contribution in [0.2, 0.25) is 0 Å². The molecule has 0 atom stereocenters. The standard InChI is InChI=1S/C20H21N3O2S/c1-14-3-2-4-16(11-14)19(24)22-20-21-17-6-5-15(12-18(17)26-20)13-23-7-9-25-10-8-23/h2-6,11-12H,7-10,13H2,1H3,(H,21,22,24). The van der Waals surface area contributed by atoms with Crippen LogP contribution in [0.4, 0.5) is 5.13 Å². The number of hydrogen-bond donors (Lipinski definition) is 1. The molecular weight excluding hydrogens is 346 g/mol. The molecule has 26 heavy (non-hydrogen) atoms. The van der Waals surface area contributed by atoms with Crippen molar-refractivity contribution in [1.82, 2.24) is 9.88 Å². The fraction of sp³-hybridized carbons (Fsp3) is 0.300. The lowest BCUT2D eigenvalue weighted by molar-refractivity contribution is 0.0342. The van der Waals surface area contributed by atoms with Crippen LogP contribution in [0.15, 0.2) is 42.5 Å². The van der Waals surface area contributed by atoms with E-state index >= 15 is 0 Å². The van der Waals surface area contributed by atoms with Crippen LogP contribution >= 0.6 is 11.3 Å². The van der Waals surface area contributed by atoms with E-state index in [1.165, 1.54) is 16.9 Å². The van der Waals surface area contributed by atoms with E-state index in [1.807, 2.05) is 37.3 Å². The van der Waals surface area contributed by atoms with Crippen molar-refractivity contribution in [1.29, 1.82) is 0 Å². The largest absolute Gasteiger partial charge is 0.379 e. The van der Waals surface area contributed by atoms with Gasteiger partial charge in [-0.1, -0.05) is 35.1 Å². The van der Waals surface area contributed by atoms with Crippen molar-refractivity contribution in [2.75, 3.05) is 31.6 Å². The highest BCUT2D eigenvalue weighted by atomic mass is 32.1. The first-order valence-corrected chi connectivity index (χ1v) is 9.57. The lowest BCUT2D eigenvalue weighted by Crippen LogP contribution is -2.35. The fourth-order valence-corrected chi connectivity index (χ4v) is 4.02. The van der Waals surface area contributed by atoms with Gasteiger partial charge in [-0.15, -0.1) is 0 Å². The molecule has 0 spiro atoms. The third-order valence-electron chi connectivity index (χ3n) is 4.46. The van der Waals surface area contributed by atoms with Gasteiger partial charge < -0.3 is 4.74 Å². The van der Waals surface area contributed by atoms with E-state index in [2.05, 4.69) is 27.3 Å². The number of nitrogens with zero attached hydrogens (tertiary/aromatic N) is 2. The maximum Gasteiger partial charge on any atom is 0.257 e. The molecule has 5 nitrogen and oxygen atoms in total. The van der Waals surface area contributed by atoms with E-state index < -0.39 is 0 Å². The molecule has 1 aliphatic heterocycles. The quantitative estimate of drug-likeness (QED) is 0.764. The molecule has 4 rings (SSSR count). The van der Waals surface area contributed by atoms with Crippen LogP contribution in [0.1, 0.15) is 21.5 Å². The number of ether oxygens (including phenoxy) is 1. The number of anilines is 1. The lowest BCUT2D eigenvalue weighted by atomic mass is 10.1. The van der Waals surface area contributed by atoms with E-state index in [1.54, 1.807) is 0 Å². The number of carbonyl (C=O) groups excluding carboxylic acids is 1. The van der Waals surface area contributed by atoms with Crippen LogP contribution < -0.4 is 5.32 Å². The van der Waals surface area contributed by atoms with E-state index in [9.17, 15) is 4.79 Å². The van der Waals surface area contributed by atoms with E-state index in [-0.39, 0.29) is 5.91 Å². The Morgan fingerprint density at radius 2 is 2.08 bits per heavy atom. The van der Waals surface area contributed by atoms with Crippen LogP contribution in [0.25, 0.3) is 10.2 Å². The Labute approximate surface area is 156 Å². The average molecular weight is 367 g/mol. The van der Waals surface area contributed by atoms with Gasteiger partial charge >= 0.3 is 0 Å². The summed E-state index contributed by atoms with van der Waals surface area (Å²) in [5.74, 6) is -0.124. The smallest absolute Gasteiger partial charge is 0.257 e. The molecule has 1 fully saturated rings. The summed E-state index contributed by atoms with van der Waals surface area (Å²) in [6, 6.07) is 13.9. The van der Waals surface area contributed by atoms with Crippen LogP contribution in [0.3, 0.4) is 0 Å². The van der Waals surface area contributed by atoms with Crippen LogP contribution in [-0.4, -0.2) is 42.1 Å². The monoisotopic (exact) mass is 367 g/mol. The normalized spacial score (nSPS) is 15.3. The summed E-state index contributed by atoms with van der Waals surface area (Å²) in [7, 11) is 0. The van der Waals surface area contributed by atoms with Gasteiger partial charge in [0.05, 0.1) is 23.4 Å². The molecule has 1 aromatic heterocycles. The number of aryl methyl sites for hydroxylation is 1. The summed E-state index contributed by atoms with van der Waals surface area (Å²) in [5.41, 5.74) is 3.90. The Hall–Kier alpha value is -2.28. The van der Waals surface area contributed by atoms with Crippen molar-refractivity contribution in [2.45, 2.75) is 13.5 Å². The summed E-state index contributed by atoms with van der Waals surface area (Å²) in [4.78, 5) is 19.3. The zero-order valence-electron chi connectivity index (χ0n) is 14.7. The number of aromatic nitrogens is 1. The molecule has 134 valence electrons.